The molecule has 0 amide bonds. The van der Waals surface area contributed by atoms with E-state index in [1.165, 1.54) is 6.33 Å². The van der Waals surface area contributed by atoms with Gasteiger partial charge >= 0.3 is 5.97 Å². The Morgan fingerprint density at radius 1 is 1.53 bits per heavy atom. The number of anilines is 1. The molecular formula is C11H14ClN5O2. The number of nitrogens with zero attached hydrogens (tertiary/aromatic N) is 4. The van der Waals surface area contributed by atoms with Gasteiger partial charge in [0.05, 0.1) is 12.9 Å². The van der Waals surface area contributed by atoms with Gasteiger partial charge in [-0.15, -0.1) is 0 Å². The van der Waals surface area contributed by atoms with Crippen molar-refractivity contribution in [2.75, 3.05) is 12.3 Å². The quantitative estimate of drug-likeness (QED) is 0.670. The fourth-order valence-corrected chi connectivity index (χ4v) is 1.72. The molecule has 0 aromatic carbocycles. The minimum absolute atomic E-state index is 0.0123. The molecule has 0 saturated heterocycles. The van der Waals surface area contributed by atoms with Gasteiger partial charge in [0.1, 0.15) is 12.1 Å². The minimum atomic E-state index is -0.359. The highest BCUT2D eigenvalue weighted by Crippen LogP contribution is 2.18. The van der Waals surface area contributed by atoms with Crippen LogP contribution in [0.3, 0.4) is 0 Å². The fourth-order valence-electron chi connectivity index (χ4n) is 1.54. The SMILES string of the molecule is CC(C)COC(=O)Cn1cnc2nc(Cl)nc(N)c21. The van der Waals surface area contributed by atoms with Crippen molar-refractivity contribution < 1.29 is 9.53 Å². The molecule has 102 valence electrons. The number of hydrogen-bond donors (Lipinski definition) is 1. The molecule has 0 aliphatic carbocycles. The Bertz CT molecular complexity index is 610. The summed E-state index contributed by atoms with van der Waals surface area (Å²) < 4.78 is 6.64. The highest BCUT2D eigenvalue weighted by Gasteiger charge is 2.13. The van der Waals surface area contributed by atoms with Crippen LogP contribution in [0.15, 0.2) is 6.33 Å². The molecule has 0 bridgehead atoms. The van der Waals surface area contributed by atoms with Crippen LogP contribution in [-0.2, 0) is 16.1 Å². The third kappa shape index (κ3) is 3.11. The number of esters is 1. The standard InChI is InChI=1S/C11H14ClN5O2/c1-6(2)4-19-7(18)3-17-5-14-10-8(17)9(13)15-11(12)16-10/h5-6H,3-4H2,1-2H3,(H2,13,15,16). The van der Waals surface area contributed by atoms with Crippen LogP contribution in [0.2, 0.25) is 5.28 Å². The normalized spacial score (nSPS) is 11.2. The van der Waals surface area contributed by atoms with Gasteiger partial charge in [0.15, 0.2) is 11.5 Å². The zero-order valence-electron chi connectivity index (χ0n) is 10.6. The number of aromatic nitrogens is 4. The number of imidazole rings is 1. The molecule has 0 saturated carbocycles. The Morgan fingerprint density at radius 3 is 2.95 bits per heavy atom. The first-order valence-corrected chi connectivity index (χ1v) is 6.14. The van der Waals surface area contributed by atoms with Gasteiger partial charge in [0.25, 0.3) is 0 Å². The van der Waals surface area contributed by atoms with Gasteiger partial charge in [-0.3, -0.25) is 4.79 Å². The van der Waals surface area contributed by atoms with Crippen molar-refractivity contribution in [3.8, 4) is 0 Å². The molecule has 0 aliphatic rings. The van der Waals surface area contributed by atoms with Crippen LogP contribution in [0.5, 0.6) is 0 Å². The first-order chi connectivity index (χ1) is 8.97. The molecule has 2 heterocycles. The van der Waals surface area contributed by atoms with Crippen molar-refractivity contribution in [2.24, 2.45) is 5.92 Å². The predicted molar refractivity (Wildman–Crippen MR) is 70.5 cm³/mol. The second-order valence-corrected chi connectivity index (χ2v) is 4.84. The number of fused-ring (bicyclic) bond motifs is 1. The van der Waals surface area contributed by atoms with Gasteiger partial charge in [0.2, 0.25) is 5.28 Å². The van der Waals surface area contributed by atoms with Crippen molar-refractivity contribution >= 4 is 34.6 Å². The lowest BCUT2D eigenvalue weighted by Crippen LogP contribution is -2.16. The predicted octanol–water partition coefficient (Wildman–Crippen LogP) is 1.26. The third-order valence-corrected chi connectivity index (χ3v) is 2.52. The summed E-state index contributed by atoms with van der Waals surface area (Å²) in [5.41, 5.74) is 6.59. The molecule has 2 aromatic rings. The fraction of sp³-hybridized carbons (Fsp3) is 0.455. The van der Waals surface area contributed by atoms with E-state index in [9.17, 15) is 4.79 Å². The first kappa shape index (κ1) is 13.5. The monoisotopic (exact) mass is 283 g/mol. The molecule has 2 aromatic heterocycles. The molecule has 7 nitrogen and oxygen atoms in total. The number of halogens is 1. The van der Waals surface area contributed by atoms with Gasteiger partial charge in [0, 0.05) is 0 Å². The van der Waals surface area contributed by atoms with E-state index >= 15 is 0 Å². The Morgan fingerprint density at radius 2 is 2.26 bits per heavy atom. The first-order valence-electron chi connectivity index (χ1n) is 5.77. The smallest absolute Gasteiger partial charge is 0.326 e. The van der Waals surface area contributed by atoms with Crippen LogP contribution in [0.1, 0.15) is 13.8 Å². The van der Waals surface area contributed by atoms with E-state index in [2.05, 4.69) is 15.0 Å². The van der Waals surface area contributed by atoms with Crippen LogP contribution in [-0.4, -0.2) is 32.1 Å². The Balaban J connectivity index is 2.20. The topological polar surface area (TPSA) is 95.9 Å². The van der Waals surface area contributed by atoms with E-state index in [-0.39, 0.29) is 29.5 Å². The van der Waals surface area contributed by atoms with Gasteiger partial charge in [-0.05, 0) is 17.5 Å². The summed E-state index contributed by atoms with van der Waals surface area (Å²) in [6, 6.07) is 0. The average Bonchev–Trinajstić information content (AvgIpc) is 2.69. The summed E-state index contributed by atoms with van der Waals surface area (Å²) in [6.07, 6.45) is 1.46. The maximum Gasteiger partial charge on any atom is 0.326 e. The molecular weight excluding hydrogens is 270 g/mol. The van der Waals surface area contributed by atoms with Gasteiger partial charge in [-0.2, -0.15) is 9.97 Å². The lowest BCUT2D eigenvalue weighted by molar-refractivity contribution is -0.145. The summed E-state index contributed by atoms with van der Waals surface area (Å²) in [6.45, 7) is 4.32. The van der Waals surface area contributed by atoms with Crippen LogP contribution < -0.4 is 5.73 Å². The Labute approximate surface area is 114 Å². The molecule has 0 radical (unpaired) electrons. The van der Waals surface area contributed by atoms with Crippen LogP contribution in [0.25, 0.3) is 11.2 Å². The number of nitrogen functional groups attached to an aromatic ring is 1. The van der Waals surface area contributed by atoms with E-state index in [0.717, 1.165) is 0 Å². The van der Waals surface area contributed by atoms with Crippen molar-refractivity contribution in [2.45, 2.75) is 20.4 Å². The molecule has 0 spiro atoms. The summed E-state index contributed by atoms with van der Waals surface area (Å²) in [5.74, 6) is 0.113. The van der Waals surface area contributed by atoms with Gasteiger partial charge in [-0.1, -0.05) is 13.8 Å². The maximum atomic E-state index is 11.7. The Kier molecular flexibility index (Phi) is 3.84. The zero-order chi connectivity index (χ0) is 14.0. The number of rotatable bonds is 4. The molecule has 0 aliphatic heterocycles. The van der Waals surface area contributed by atoms with E-state index in [1.807, 2.05) is 13.8 Å². The van der Waals surface area contributed by atoms with Crippen LogP contribution in [0.4, 0.5) is 5.82 Å². The van der Waals surface area contributed by atoms with Crippen LogP contribution in [0, 0.1) is 5.92 Å². The van der Waals surface area contributed by atoms with Crippen molar-refractivity contribution in [3.63, 3.8) is 0 Å². The maximum absolute atomic E-state index is 11.7. The lowest BCUT2D eigenvalue weighted by atomic mass is 10.2. The van der Waals surface area contributed by atoms with Gasteiger partial charge < -0.3 is 15.0 Å². The molecule has 19 heavy (non-hydrogen) atoms. The molecule has 0 atom stereocenters. The largest absolute Gasteiger partial charge is 0.464 e. The molecule has 2 N–H and O–H groups in total. The third-order valence-electron chi connectivity index (χ3n) is 2.35. The number of ether oxygens (including phenoxy) is 1. The number of nitrogens with two attached hydrogens (primary N) is 1. The van der Waals surface area contributed by atoms with Crippen LogP contribution >= 0.6 is 11.6 Å². The van der Waals surface area contributed by atoms with Crippen molar-refractivity contribution in [3.05, 3.63) is 11.6 Å². The molecule has 0 unspecified atom stereocenters. The highest BCUT2D eigenvalue weighted by atomic mass is 35.5. The second-order valence-electron chi connectivity index (χ2n) is 4.50. The second kappa shape index (κ2) is 5.40. The van der Waals surface area contributed by atoms with Gasteiger partial charge in [-0.25, -0.2) is 4.98 Å². The lowest BCUT2D eigenvalue weighted by Gasteiger charge is -2.08. The zero-order valence-corrected chi connectivity index (χ0v) is 11.4. The highest BCUT2D eigenvalue weighted by molar-refractivity contribution is 6.28. The number of carbonyl (C=O) groups excluding carboxylic acids is 1. The van der Waals surface area contributed by atoms with E-state index in [0.29, 0.717) is 17.8 Å². The van der Waals surface area contributed by atoms with Crippen molar-refractivity contribution in [1.82, 2.24) is 19.5 Å². The molecule has 2 rings (SSSR count). The van der Waals surface area contributed by atoms with E-state index < -0.39 is 0 Å². The number of carbonyl (C=O) groups is 1. The van der Waals surface area contributed by atoms with E-state index in [4.69, 9.17) is 22.1 Å². The van der Waals surface area contributed by atoms with E-state index in [1.54, 1.807) is 4.57 Å². The van der Waals surface area contributed by atoms with Crippen molar-refractivity contribution in [1.29, 1.82) is 0 Å². The average molecular weight is 284 g/mol. The number of hydrogen-bond acceptors (Lipinski definition) is 6. The summed E-state index contributed by atoms with van der Waals surface area (Å²) >= 11 is 5.68. The summed E-state index contributed by atoms with van der Waals surface area (Å²) in [5, 5.41) is 0.0256. The summed E-state index contributed by atoms with van der Waals surface area (Å²) in [4.78, 5) is 23.5. The molecule has 8 heteroatoms. The minimum Gasteiger partial charge on any atom is -0.464 e. The summed E-state index contributed by atoms with van der Waals surface area (Å²) in [7, 11) is 0. The molecule has 0 fully saturated rings. The Hall–Kier alpha value is -1.89.